The maximum Gasteiger partial charge on any atom is 0.416 e. The van der Waals surface area contributed by atoms with E-state index in [1.54, 1.807) is 29.7 Å². The Labute approximate surface area is 359 Å². The molecule has 0 bridgehead atoms. The van der Waals surface area contributed by atoms with E-state index in [4.69, 9.17) is 13.1 Å². The Morgan fingerprint density at radius 2 is 0.831 bits per heavy atom. The van der Waals surface area contributed by atoms with Crippen molar-refractivity contribution in [3.05, 3.63) is 178 Å². The van der Waals surface area contributed by atoms with Crippen molar-refractivity contribution in [2.45, 2.75) is 31.6 Å². The predicted octanol–water partition coefficient (Wildman–Crippen LogP) is 16.7. The van der Waals surface area contributed by atoms with E-state index >= 15 is 0 Å². The molecule has 0 saturated carbocycles. The largest absolute Gasteiger partial charge is 0.416 e. The number of aryl methyl sites for hydroxylation is 1. The van der Waals surface area contributed by atoms with Crippen LogP contribution in [0.3, 0.4) is 0 Å². The van der Waals surface area contributed by atoms with Gasteiger partial charge in [0.2, 0.25) is 0 Å². The second kappa shape index (κ2) is 14.7. The van der Waals surface area contributed by atoms with Crippen LogP contribution in [0, 0.1) is 20.1 Å². The van der Waals surface area contributed by atoms with E-state index in [1.807, 2.05) is 0 Å². The highest BCUT2D eigenvalue weighted by molar-refractivity contribution is 6.13. The molecule has 0 aliphatic rings. The van der Waals surface area contributed by atoms with Gasteiger partial charge in [-0.3, -0.25) is 0 Å². The maximum atomic E-state index is 14.2. The molecule has 0 fully saturated rings. The SMILES string of the molecule is [C-]#[N+]c1cc(C(F)(F)F)ccc1-c1ccc(-n2c3ccc(C)cc3c3cc(C(F)(F)F)ccc32)c(-c2c([N+]#[C-])cccc2-n2c3ccc(C(F)(F)F)cc3c3cc(C(F)(F)F)ccc32)c1. The van der Waals surface area contributed by atoms with Crippen LogP contribution in [-0.4, -0.2) is 9.13 Å². The van der Waals surface area contributed by atoms with Crippen LogP contribution in [0.2, 0.25) is 0 Å². The van der Waals surface area contributed by atoms with Crippen molar-refractivity contribution in [3.8, 4) is 33.6 Å². The Kier molecular flexibility index (Phi) is 9.61. The van der Waals surface area contributed by atoms with Crippen molar-refractivity contribution in [2.24, 2.45) is 0 Å². The van der Waals surface area contributed by atoms with Gasteiger partial charge in [0.15, 0.2) is 11.4 Å². The van der Waals surface area contributed by atoms with Crippen molar-refractivity contribution in [1.29, 1.82) is 0 Å². The number of hydrogen-bond donors (Lipinski definition) is 0. The number of aromatic nitrogens is 2. The van der Waals surface area contributed by atoms with Gasteiger partial charge in [-0.1, -0.05) is 42.0 Å². The summed E-state index contributed by atoms with van der Waals surface area (Å²) in [6.45, 7) is 17.9. The van der Waals surface area contributed by atoms with Gasteiger partial charge in [0.1, 0.15) is 0 Å². The molecule has 0 N–H and O–H groups in total. The van der Waals surface area contributed by atoms with Crippen LogP contribution in [0.4, 0.5) is 64.1 Å². The third-order valence-electron chi connectivity index (χ3n) is 11.3. The van der Waals surface area contributed by atoms with Crippen LogP contribution in [0.5, 0.6) is 0 Å². The van der Waals surface area contributed by atoms with E-state index in [9.17, 15) is 52.7 Å². The zero-order chi connectivity index (χ0) is 46.5. The lowest BCUT2D eigenvalue weighted by molar-refractivity contribution is -0.138. The molecule has 0 amide bonds. The third-order valence-corrected chi connectivity index (χ3v) is 11.3. The Bertz CT molecular complexity index is 3460. The number of halogens is 12. The Morgan fingerprint density at radius 3 is 1.31 bits per heavy atom. The van der Waals surface area contributed by atoms with Crippen LogP contribution in [0.25, 0.3) is 86.9 Å². The van der Waals surface area contributed by atoms with Crippen LogP contribution in [0.1, 0.15) is 27.8 Å². The number of alkyl halides is 12. The fourth-order valence-electron chi connectivity index (χ4n) is 8.44. The van der Waals surface area contributed by atoms with Crippen molar-refractivity contribution in [2.75, 3.05) is 0 Å². The molecule has 7 aromatic carbocycles. The highest BCUT2D eigenvalue weighted by atomic mass is 19.4. The molecule has 0 radical (unpaired) electrons. The van der Waals surface area contributed by atoms with Crippen LogP contribution in [-0.2, 0) is 24.7 Å². The second-order valence-electron chi connectivity index (χ2n) is 15.2. The van der Waals surface area contributed by atoms with E-state index in [0.29, 0.717) is 22.5 Å². The first-order valence-electron chi connectivity index (χ1n) is 19.2. The molecule has 0 unspecified atom stereocenters. The first-order valence-corrected chi connectivity index (χ1v) is 19.2. The van der Waals surface area contributed by atoms with Gasteiger partial charge in [-0.05, 0) is 115 Å². The fraction of sp³-hybridized carbons (Fsp3) is 0.102. The lowest BCUT2D eigenvalue weighted by atomic mass is 9.93. The molecule has 0 spiro atoms. The summed E-state index contributed by atoms with van der Waals surface area (Å²) in [6.07, 6.45) is -19.3. The molecule has 16 heteroatoms. The first-order chi connectivity index (χ1) is 30.6. The molecule has 0 atom stereocenters. The second-order valence-corrected chi connectivity index (χ2v) is 15.2. The van der Waals surface area contributed by atoms with Gasteiger partial charge in [-0.15, -0.1) is 0 Å². The van der Waals surface area contributed by atoms with Gasteiger partial charge < -0.3 is 9.13 Å². The topological polar surface area (TPSA) is 18.6 Å². The molecule has 65 heavy (non-hydrogen) atoms. The van der Waals surface area contributed by atoms with Crippen molar-refractivity contribution in [3.63, 3.8) is 0 Å². The molecule has 4 nitrogen and oxygen atoms in total. The quantitative estimate of drug-likeness (QED) is 0.124. The predicted molar refractivity (Wildman–Crippen MR) is 223 cm³/mol. The van der Waals surface area contributed by atoms with Crippen molar-refractivity contribution >= 4 is 55.0 Å². The van der Waals surface area contributed by atoms with Gasteiger partial charge in [-0.2, -0.15) is 52.7 Å². The molecular weight excluding hydrogens is 873 g/mol. The normalized spacial score (nSPS) is 12.7. The number of fused-ring (bicyclic) bond motifs is 6. The average molecular weight is 897 g/mol. The summed E-state index contributed by atoms with van der Waals surface area (Å²) in [7, 11) is 0. The minimum atomic E-state index is -4.89. The highest BCUT2D eigenvalue weighted by Gasteiger charge is 2.35. The third kappa shape index (κ3) is 7.15. The van der Waals surface area contributed by atoms with E-state index in [0.717, 1.165) is 60.7 Å². The molecule has 0 aliphatic heterocycles. The van der Waals surface area contributed by atoms with Gasteiger partial charge in [-0.25, -0.2) is 9.69 Å². The van der Waals surface area contributed by atoms with Crippen LogP contribution in [0.15, 0.2) is 127 Å². The van der Waals surface area contributed by atoms with E-state index < -0.39 is 52.6 Å². The van der Waals surface area contributed by atoms with Gasteiger partial charge in [0, 0.05) is 38.4 Å². The smallest absolute Gasteiger partial charge is 0.310 e. The van der Waals surface area contributed by atoms with Crippen molar-refractivity contribution < 1.29 is 52.7 Å². The van der Waals surface area contributed by atoms with Gasteiger partial charge in [0.25, 0.3) is 0 Å². The Morgan fingerprint density at radius 1 is 0.400 bits per heavy atom. The lowest BCUT2D eigenvalue weighted by Gasteiger charge is -2.21. The number of nitrogens with zero attached hydrogens (tertiary/aromatic N) is 4. The molecule has 9 aromatic rings. The number of rotatable bonds is 4. The number of hydrogen-bond acceptors (Lipinski definition) is 0. The Balaban J connectivity index is 1.44. The summed E-state index contributed by atoms with van der Waals surface area (Å²) in [5, 5.41) is 0.173. The minimum Gasteiger partial charge on any atom is -0.310 e. The zero-order valence-electron chi connectivity index (χ0n) is 32.9. The summed E-state index contributed by atoms with van der Waals surface area (Å²) < 4.78 is 172. The summed E-state index contributed by atoms with van der Waals surface area (Å²) in [5.41, 5.74) is -2.78. The molecule has 0 saturated heterocycles. The van der Waals surface area contributed by atoms with E-state index in [2.05, 4.69) is 9.69 Å². The molecule has 2 aromatic heterocycles. The maximum absolute atomic E-state index is 14.2. The first kappa shape index (κ1) is 42.6. The molecular formula is C49H24F12N4. The molecule has 324 valence electrons. The van der Waals surface area contributed by atoms with Gasteiger partial charge >= 0.3 is 24.7 Å². The average Bonchev–Trinajstić information content (AvgIpc) is 3.75. The van der Waals surface area contributed by atoms with Gasteiger partial charge in [0.05, 0.1) is 57.6 Å². The summed E-state index contributed by atoms with van der Waals surface area (Å²) in [4.78, 5) is 7.14. The van der Waals surface area contributed by atoms with Crippen molar-refractivity contribution in [1.82, 2.24) is 9.13 Å². The lowest BCUT2D eigenvalue weighted by Crippen LogP contribution is -2.05. The van der Waals surface area contributed by atoms with E-state index in [1.165, 1.54) is 47.0 Å². The molecule has 0 aliphatic carbocycles. The Hall–Kier alpha value is -7.72. The van der Waals surface area contributed by atoms with E-state index in [-0.39, 0.29) is 72.0 Å². The van der Waals surface area contributed by atoms with Crippen LogP contribution >= 0.6 is 0 Å². The monoisotopic (exact) mass is 896 g/mol. The zero-order valence-corrected chi connectivity index (χ0v) is 32.9. The summed E-state index contributed by atoms with van der Waals surface area (Å²) in [6, 6.07) is 24.8. The molecule has 9 rings (SSSR count). The molecule has 2 heterocycles. The highest BCUT2D eigenvalue weighted by Crippen LogP contribution is 2.48. The van der Waals surface area contributed by atoms with Crippen LogP contribution < -0.4 is 0 Å². The summed E-state index contributed by atoms with van der Waals surface area (Å²) in [5.74, 6) is 0. The minimum absolute atomic E-state index is 0.0125. The standard InChI is InChI=1S/C49H24F12N4/c1-25-7-14-39-32(19-25)33-21-27(46(50,51)52)10-16-40(33)64(39)43-15-8-26(31-13-9-30(49(59,60)61)24-38(31)63-3)20-36(43)45-37(62-2)5-4-6-44(45)65-41-17-11-28(47(53,54)55)22-34(41)35-23-29(48(56,57)58)12-18-42(35)65/h4-24H,1H3. The number of benzene rings is 7. The summed E-state index contributed by atoms with van der Waals surface area (Å²) >= 11 is 0. The fourth-order valence-corrected chi connectivity index (χ4v) is 8.44.